The van der Waals surface area contributed by atoms with Crippen LogP contribution in [0.1, 0.15) is 46.3 Å². The summed E-state index contributed by atoms with van der Waals surface area (Å²) in [5.41, 5.74) is 5.10. The lowest BCUT2D eigenvalue weighted by Gasteiger charge is -2.35. The van der Waals surface area contributed by atoms with E-state index in [9.17, 15) is 9.59 Å². The smallest absolute Gasteiger partial charge is 0.259 e. The Morgan fingerprint density at radius 1 is 0.829 bits per heavy atom. The molecular formula is C34H29ClN2O4. The Balaban J connectivity index is 1.53. The van der Waals surface area contributed by atoms with E-state index in [1.165, 1.54) is 0 Å². The van der Waals surface area contributed by atoms with E-state index in [1.807, 2.05) is 78.9 Å². The van der Waals surface area contributed by atoms with Gasteiger partial charge in [0.2, 0.25) is 0 Å². The first-order chi connectivity index (χ1) is 20.0. The van der Waals surface area contributed by atoms with Crippen LogP contribution in [0.4, 0.5) is 11.4 Å². The summed E-state index contributed by atoms with van der Waals surface area (Å²) in [6.45, 7) is 0. The molecule has 0 saturated carbocycles. The van der Waals surface area contributed by atoms with Crippen LogP contribution in [0, 0.1) is 0 Å². The maximum absolute atomic E-state index is 14.3. The van der Waals surface area contributed by atoms with Crippen molar-refractivity contribution in [3.05, 3.63) is 130 Å². The van der Waals surface area contributed by atoms with Crippen molar-refractivity contribution in [2.75, 3.05) is 24.4 Å². The third-order valence-electron chi connectivity index (χ3n) is 7.77. The average molecular weight is 565 g/mol. The number of anilines is 2. The molecule has 1 N–H and O–H groups in total. The van der Waals surface area contributed by atoms with Crippen molar-refractivity contribution in [1.29, 1.82) is 0 Å². The normalized spacial score (nSPS) is 18.1. The topological polar surface area (TPSA) is 67.9 Å². The van der Waals surface area contributed by atoms with Crippen molar-refractivity contribution in [1.82, 2.24) is 0 Å². The summed E-state index contributed by atoms with van der Waals surface area (Å²) in [5, 5.41) is 4.11. The van der Waals surface area contributed by atoms with Gasteiger partial charge in [-0.25, -0.2) is 0 Å². The van der Waals surface area contributed by atoms with Gasteiger partial charge in [-0.2, -0.15) is 0 Å². The van der Waals surface area contributed by atoms with Crippen LogP contribution >= 0.6 is 11.6 Å². The molecule has 6 nitrogen and oxygen atoms in total. The number of methoxy groups -OCH3 is 2. The molecule has 2 atom stereocenters. The third-order valence-corrected chi connectivity index (χ3v) is 8.01. The molecule has 0 radical (unpaired) electrons. The number of benzene rings is 4. The summed E-state index contributed by atoms with van der Waals surface area (Å²) in [6, 6.07) is 29.4. The Bertz CT molecular complexity index is 1670. The van der Waals surface area contributed by atoms with Gasteiger partial charge in [0, 0.05) is 28.3 Å². The summed E-state index contributed by atoms with van der Waals surface area (Å²) in [5.74, 6) is 0.941. The Morgan fingerprint density at radius 2 is 1.59 bits per heavy atom. The molecule has 41 heavy (non-hydrogen) atoms. The number of nitrogens with zero attached hydrogens (tertiary/aromatic N) is 1. The lowest BCUT2D eigenvalue weighted by atomic mass is 9.78. The Kier molecular flexibility index (Phi) is 7.25. The molecule has 4 aromatic rings. The first kappa shape index (κ1) is 26.7. The molecule has 0 bridgehead atoms. The van der Waals surface area contributed by atoms with Crippen molar-refractivity contribution < 1.29 is 19.1 Å². The van der Waals surface area contributed by atoms with Gasteiger partial charge in [0.15, 0.2) is 17.3 Å². The predicted molar refractivity (Wildman–Crippen MR) is 161 cm³/mol. The highest BCUT2D eigenvalue weighted by Gasteiger charge is 2.42. The molecule has 0 fully saturated rings. The van der Waals surface area contributed by atoms with Crippen LogP contribution in [-0.2, 0) is 4.79 Å². The van der Waals surface area contributed by atoms with Gasteiger partial charge in [-0.3, -0.25) is 14.5 Å². The van der Waals surface area contributed by atoms with Gasteiger partial charge in [0.05, 0.1) is 31.6 Å². The zero-order valence-electron chi connectivity index (χ0n) is 22.8. The van der Waals surface area contributed by atoms with Crippen LogP contribution < -0.4 is 19.7 Å². The van der Waals surface area contributed by atoms with Crippen LogP contribution in [0.3, 0.4) is 0 Å². The van der Waals surface area contributed by atoms with Gasteiger partial charge in [-0.05, 0) is 72.0 Å². The highest BCUT2D eigenvalue weighted by Crippen LogP contribution is 2.48. The number of carbonyl (C=O) groups is 2. The van der Waals surface area contributed by atoms with Gasteiger partial charge in [0.1, 0.15) is 0 Å². The number of Topliss-reactive ketones (excluding diaryl/α,β-unsaturated/α-hetero) is 1. The zero-order valence-corrected chi connectivity index (χ0v) is 23.5. The fourth-order valence-electron chi connectivity index (χ4n) is 5.87. The number of hydrogen-bond acceptors (Lipinski definition) is 5. The van der Waals surface area contributed by atoms with Crippen LogP contribution in [-0.4, -0.2) is 25.9 Å². The molecule has 6 rings (SSSR count). The molecule has 2 aliphatic rings. The molecule has 1 heterocycles. The Morgan fingerprint density at radius 3 is 2.34 bits per heavy atom. The zero-order chi connectivity index (χ0) is 28.5. The van der Waals surface area contributed by atoms with Crippen LogP contribution in [0.15, 0.2) is 108 Å². The Labute approximate surface area is 244 Å². The average Bonchev–Trinajstić information content (AvgIpc) is 3.15. The number of carbonyl (C=O) groups excluding carboxylic acids is 2. The molecule has 0 saturated heterocycles. The number of para-hydroxylation sites is 2. The minimum Gasteiger partial charge on any atom is -0.493 e. The third kappa shape index (κ3) is 4.96. The van der Waals surface area contributed by atoms with E-state index in [4.69, 9.17) is 21.1 Å². The maximum Gasteiger partial charge on any atom is 0.259 e. The van der Waals surface area contributed by atoms with Gasteiger partial charge in [-0.15, -0.1) is 0 Å². The second kappa shape index (κ2) is 11.1. The molecule has 0 aromatic heterocycles. The molecule has 1 aliphatic carbocycles. The number of nitrogens with one attached hydrogen (secondary N) is 1. The maximum atomic E-state index is 14.3. The van der Waals surface area contributed by atoms with E-state index in [0.717, 1.165) is 22.5 Å². The summed E-state index contributed by atoms with van der Waals surface area (Å²) >= 11 is 6.48. The van der Waals surface area contributed by atoms with Crippen molar-refractivity contribution in [2.24, 2.45) is 0 Å². The van der Waals surface area contributed by atoms with Crippen LogP contribution in [0.2, 0.25) is 5.02 Å². The number of fused-ring (bicyclic) bond motifs is 1. The summed E-state index contributed by atoms with van der Waals surface area (Å²) in [4.78, 5) is 30.3. The second-order valence-electron chi connectivity index (χ2n) is 10.2. The highest BCUT2D eigenvalue weighted by atomic mass is 35.5. The molecular weight excluding hydrogens is 536 g/mol. The number of ketones is 1. The van der Waals surface area contributed by atoms with E-state index in [1.54, 1.807) is 37.3 Å². The van der Waals surface area contributed by atoms with E-state index >= 15 is 0 Å². The standard InChI is InChI=1S/C34H29ClN2O4/c1-40-30-16-15-22(20-31(30)41-2)24-18-27-32(29(38)19-24)33(23-11-8-12-25(35)17-23)37(28-14-7-6-13-26(28)36-27)34(39)21-9-4-3-5-10-21/h3-17,20,24,33,36H,18-19H2,1-2H3/t24-,33+/m0/s1. The SMILES string of the molecule is COc1ccc([C@@H]2CC(=O)C3=C(C2)Nc2ccccc2N(C(=O)c2ccccc2)[C@@H]3c2cccc(Cl)c2)cc1OC. The second-order valence-corrected chi connectivity index (χ2v) is 10.6. The van der Waals surface area contributed by atoms with Crippen molar-refractivity contribution in [2.45, 2.75) is 24.8 Å². The first-order valence-electron chi connectivity index (χ1n) is 13.5. The van der Waals surface area contributed by atoms with E-state index < -0.39 is 6.04 Å². The highest BCUT2D eigenvalue weighted by molar-refractivity contribution is 6.30. The van der Waals surface area contributed by atoms with Crippen molar-refractivity contribution in [3.63, 3.8) is 0 Å². The fraction of sp³-hybridized carbons (Fsp3) is 0.176. The quantitative estimate of drug-likeness (QED) is 0.271. The lowest BCUT2D eigenvalue weighted by Crippen LogP contribution is -2.38. The predicted octanol–water partition coefficient (Wildman–Crippen LogP) is 7.57. The molecule has 206 valence electrons. The lowest BCUT2D eigenvalue weighted by molar-refractivity contribution is -0.116. The molecule has 7 heteroatoms. The molecule has 0 unspecified atom stereocenters. The number of allylic oxidation sites excluding steroid dienone is 1. The van der Waals surface area contributed by atoms with E-state index in [2.05, 4.69) is 5.32 Å². The number of amides is 1. The molecule has 4 aromatic carbocycles. The van der Waals surface area contributed by atoms with E-state index in [0.29, 0.717) is 39.8 Å². The van der Waals surface area contributed by atoms with Gasteiger partial charge in [0.25, 0.3) is 5.91 Å². The molecule has 1 amide bonds. The van der Waals surface area contributed by atoms with Crippen LogP contribution in [0.25, 0.3) is 0 Å². The molecule has 1 aliphatic heterocycles. The monoisotopic (exact) mass is 564 g/mol. The summed E-state index contributed by atoms with van der Waals surface area (Å²) in [7, 11) is 3.20. The number of ether oxygens (including phenoxy) is 2. The van der Waals surface area contributed by atoms with Crippen molar-refractivity contribution >= 4 is 34.7 Å². The number of halogens is 1. The largest absolute Gasteiger partial charge is 0.493 e. The molecule has 0 spiro atoms. The van der Waals surface area contributed by atoms with Gasteiger partial charge >= 0.3 is 0 Å². The first-order valence-corrected chi connectivity index (χ1v) is 13.8. The summed E-state index contributed by atoms with van der Waals surface area (Å²) < 4.78 is 11.0. The Hall–Kier alpha value is -4.55. The fourth-order valence-corrected chi connectivity index (χ4v) is 6.07. The van der Waals surface area contributed by atoms with Crippen LogP contribution in [0.5, 0.6) is 11.5 Å². The number of rotatable bonds is 5. The van der Waals surface area contributed by atoms with E-state index in [-0.39, 0.29) is 24.0 Å². The van der Waals surface area contributed by atoms with Gasteiger partial charge in [-0.1, -0.05) is 60.1 Å². The minimum atomic E-state index is -0.675. The summed E-state index contributed by atoms with van der Waals surface area (Å²) in [6.07, 6.45) is 0.867. The number of hydrogen-bond donors (Lipinski definition) is 1. The van der Waals surface area contributed by atoms with Crippen molar-refractivity contribution in [3.8, 4) is 11.5 Å². The van der Waals surface area contributed by atoms with Gasteiger partial charge < -0.3 is 14.8 Å². The minimum absolute atomic E-state index is 0.0258.